The molecule has 0 aliphatic heterocycles. The van der Waals surface area contributed by atoms with Crippen molar-refractivity contribution in [2.24, 2.45) is 0 Å². The maximum Gasteiger partial charge on any atom is 0.253 e. The Hall–Kier alpha value is -3.18. The summed E-state index contributed by atoms with van der Waals surface area (Å²) in [6, 6.07) is 17.4. The third-order valence-corrected chi connectivity index (χ3v) is 4.69. The van der Waals surface area contributed by atoms with Crippen LogP contribution < -0.4 is 0 Å². The monoisotopic (exact) mass is 376 g/mol. The molecule has 27 heavy (non-hydrogen) atoms. The number of halogens is 1. The van der Waals surface area contributed by atoms with Gasteiger partial charge in [-0.2, -0.15) is 0 Å². The van der Waals surface area contributed by atoms with Crippen LogP contribution in [0, 0.1) is 0 Å². The molecule has 0 aliphatic rings. The molecular formula is C21H17ClN4O. The Bertz CT molecular complexity index is 1120. The van der Waals surface area contributed by atoms with Crippen molar-refractivity contribution < 1.29 is 4.79 Å². The number of hydrogen-bond donors (Lipinski definition) is 0. The van der Waals surface area contributed by atoms with Crippen LogP contribution in [-0.2, 0) is 0 Å². The Labute approximate surface area is 161 Å². The van der Waals surface area contributed by atoms with Crippen molar-refractivity contribution in [3.8, 4) is 16.8 Å². The van der Waals surface area contributed by atoms with E-state index in [1.54, 1.807) is 19.0 Å². The molecule has 2 aromatic carbocycles. The van der Waals surface area contributed by atoms with Crippen LogP contribution in [0.15, 0.2) is 67.1 Å². The Morgan fingerprint density at radius 2 is 1.70 bits per heavy atom. The molecule has 0 atom stereocenters. The fraction of sp³-hybridized carbons (Fsp3) is 0.0952. The molecule has 0 N–H and O–H groups in total. The van der Waals surface area contributed by atoms with E-state index in [0.29, 0.717) is 10.7 Å². The van der Waals surface area contributed by atoms with Crippen LogP contribution in [0.25, 0.3) is 27.8 Å². The van der Waals surface area contributed by atoms with Gasteiger partial charge in [0.2, 0.25) is 0 Å². The number of nitrogens with zero attached hydrogens (tertiary/aromatic N) is 4. The molecule has 6 heteroatoms. The van der Waals surface area contributed by atoms with E-state index in [0.717, 1.165) is 27.8 Å². The van der Waals surface area contributed by atoms with E-state index in [2.05, 4.69) is 9.97 Å². The van der Waals surface area contributed by atoms with Crippen LogP contribution in [-0.4, -0.2) is 39.4 Å². The van der Waals surface area contributed by atoms with E-state index in [1.807, 2.05) is 65.4 Å². The van der Waals surface area contributed by atoms with Crippen molar-refractivity contribution >= 4 is 28.5 Å². The number of aromatic nitrogens is 3. The highest BCUT2D eigenvalue weighted by molar-refractivity contribution is 6.34. The van der Waals surface area contributed by atoms with Gasteiger partial charge in [-0.05, 0) is 29.8 Å². The zero-order chi connectivity index (χ0) is 19.0. The van der Waals surface area contributed by atoms with Crippen LogP contribution in [0.2, 0.25) is 5.15 Å². The lowest BCUT2D eigenvalue weighted by Crippen LogP contribution is -2.21. The second kappa shape index (κ2) is 6.85. The molecule has 0 spiro atoms. The summed E-state index contributed by atoms with van der Waals surface area (Å²) in [6.45, 7) is 0. The highest BCUT2D eigenvalue weighted by Crippen LogP contribution is 2.34. The van der Waals surface area contributed by atoms with E-state index >= 15 is 0 Å². The molecule has 4 aromatic rings. The number of hydrogen-bond acceptors (Lipinski definition) is 3. The van der Waals surface area contributed by atoms with Gasteiger partial charge >= 0.3 is 0 Å². The van der Waals surface area contributed by atoms with Gasteiger partial charge in [0.1, 0.15) is 17.4 Å². The molecule has 2 heterocycles. The van der Waals surface area contributed by atoms with Crippen molar-refractivity contribution in [3.63, 3.8) is 0 Å². The fourth-order valence-electron chi connectivity index (χ4n) is 3.08. The molecule has 0 unspecified atom stereocenters. The summed E-state index contributed by atoms with van der Waals surface area (Å²) in [7, 11) is 3.48. The van der Waals surface area contributed by atoms with Crippen LogP contribution >= 0.6 is 11.6 Å². The second-order valence-electron chi connectivity index (χ2n) is 6.39. The zero-order valence-corrected chi connectivity index (χ0v) is 15.7. The largest absolute Gasteiger partial charge is 0.345 e. The first-order valence-electron chi connectivity index (χ1n) is 8.45. The third-order valence-electron chi connectivity index (χ3n) is 4.42. The first kappa shape index (κ1) is 17.2. The zero-order valence-electron chi connectivity index (χ0n) is 14.9. The third kappa shape index (κ3) is 3.06. The van der Waals surface area contributed by atoms with Gasteiger partial charge in [-0.25, -0.2) is 9.97 Å². The predicted octanol–water partition coefficient (Wildman–Crippen LogP) is 4.44. The lowest BCUT2D eigenvalue weighted by molar-refractivity contribution is 0.0827. The smallest absolute Gasteiger partial charge is 0.253 e. The number of para-hydroxylation sites is 1. The van der Waals surface area contributed by atoms with Gasteiger partial charge in [0, 0.05) is 37.1 Å². The molecule has 0 aliphatic carbocycles. The van der Waals surface area contributed by atoms with E-state index in [4.69, 9.17) is 11.6 Å². The second-order valence-corrected chi connectivity index (χ2v) is 6.74. The van der Waals surface area contributed by atoms with Crippen molar-refractivity contribution in [2.45, 2.75) is 0 Å². The fourth-order valence-corrected chi connectivity index (χ4v) is 3.30. The molecular weight excluding hydrogens is 360 g/mol. The van der Waals surface area contributed by atoms with Crippen molar-refractivity contribution in [1.82, 2.24) is 19.4 Å². The topological polar surface area (TPSA) is 51.0 Å². The number of rotatable bonds is 3. The number of fused-ring (bicyclic) bond motifs is 1. The minimum Gasteiger partial charge on any atom is -0.345 e. The first-order valence-corrected chi connectivity index (χ1v) is 8.83. The molecule has 134 valence electrons. The highest BCUT2D eigenvalue weighted by Gasteiger charge is 2.17. The number of amides is 1. The Balaban J connectivity index is 1.88. The molecule has 0 saturated heterocycles. The SMILES string of the molecule is CN(C)C(=O)c1ccc(-c2cn(-c3ccccc3)c3c(Cl)ncnc23)cc1. The first-order chi connectivity index (χ1) is 13.1. The normalized spacial score (nSPS) is 10.9. The highest BCUT2D eigenvalue weighted by atomic mass is 35.5. The standard InChI is InChI=1S/C21H17ClN4O/c1-25(2)21(27)15-10-8-14(9-11-15)17-12-26(16-6-4-3-5-7-16)19-18(17)23-13-24-20(19)22/h3-13H,1-2H3. The summed E-state index contributed by atoms with van der Waals surface area (Å²) < 4.78 is 1.99. The predicted molar refractivity (Wildman–Crippen MR) is 107 cm³/mol. The summed E-state index contributed by atoms with van der Waals surface area (Å²) in [5, 5.41) is 0.398. The molecule has 0 radical (unpaired) electrons. The molecule has 1 amide bonds. The summed E-state index contributed by atoms with van der Waals surface area (Å²) in [6.07, 6.45) is 3.47. The Morgan fingerprint density at radius 1 is 1.00 bits per heavy atom. The van der Waals surface area contributed by atoms with E-state index in [9.17, 15) is 4.79 Å². The van der Waals surface area contributed by atoms with Gasteiger partial charge in [-0.1, -0.05) is 41.9 Å². The quantitative estimate of drug-likeness (QED) is 0.496. The number of carbonyl (C=O) groups excluding carboxylic acids is 1. The Kier molecular flexibility index (Phi) is 4.38. The van der Waals surface area contributed by atoms with Gasteiger partial charge < -0.3 is 9.47 Å². The summed E-state index contributed by atoms with van der Waals surface area (Å²) in [5.74, 6) is -0.0290. The molecule has 5 nitrogen and oxygen atoms in total. The molecule has 0 fully saturated rings. The van der Waals surface area contributed by atoms with Gasteiger partial charge in [0.25, 0.3) is 5.91 Å². The van der Waals surface area contributed by atoms with E-state index in [-0.39, 0.29) is 5.91 Å². The minimum absolute atomic E-state index is 0.0290. The summed E-state index contributed by atoms with van der Waals surface area (Å²) in [5.41, 5.74) is 5.04. The summed E-state index contributed by atoms with van der Waals surface area (Å²) in [4.78, 5) is 22.3. The lowest BCUT2D eigenvalue weighted by Gasteiger charge is -2.10. The van der Waals surface area contributed by atoms with Crippen LogP contribution in [0.1, 0.15) is 10.4 Å². The van der Waals surface area contributed by atoms with Gasteiger partial charge in [-0.3, -0.25) is 4.79 Å². The maximum absolute atomic E-state index is 12.1. The van der Waals surface area contributed by atoms with Crippen molar-refractivity contribution in [2.75, 3.05) is 14.1 Å². The average Bonchev–Trinajstić information content (AvgIpc) is 3.09. The average molecular weight is 377 g/mol. The number of benzene rings is 2. The molecule has 2 aromatic heterocycles. The Morgan fingerprint density at radius 3 is 2.37 bits per heavy atom. The van der Waals surface area contributed by atoms with Crippen LogP contribution in [0.5, 0.6) is 0 Å². The van der Waals surface area contributed by atoms with Crippen molar-refractivity contribution in [1.29, 1.82) is 0 Å². The van der Waals surface area contributed by atoms with Crippen LogP contribution in [0.4, 0.5) is 0 Å². The van der Waals surface area contributed by atoms with Gasteiger partial charge in [0.15, 0.2) is 5.15 Å². The van der Waals surface area contributed by atoms with Crippen molar-refractivity contribution in [3.05, 3.63) is 77.8 Å². The van der Waals surface area contributed by atoms with Gasteiger partial charge in [0.05, 0.1) is 0 Å². The number of carbonyl (C=O) groups is 1. The van der Waals surface area contributed by atoms with Crippen LogP contribution in [0.3, 0.4) is 0 Å². The van der Waals surface area contributed by atoms with E-state index < -0.39 is 0 Å². The lowest BCUT2D eigenvalue weighted by atomic mass is 10.1. The molecule has 4 rings (SSSR count). The summed E-state index contributed by atoms with van der Waals surface area (Å²) >= 11 is 6.39. The molecule has 0 bridgehead atoms. The van der Waals surface area contributed by atoms with E-state index in [1.165, 1.54) is 6.33 Å². The molecule has 0 saturated carbocycles. The van der Waals surface area contributed by atoms with Gasteiger partial charge in [-0.15, -0.1) is 0 Å². The maximum atomic E-state index is 12.1. The minimum atomic E-state index is -0.0290.